The lowest BCUT2D eigenvalue weighted by atomic mass is 9.91. The third-order valence-corrected chi connectivity index (χ3v) is 6.09. The highest BCUT2D eigenvalue weighted by molar-refractivity contribution is 6.10. The number of hydrogen-bond acceptors (Lipinski definition) is 6. The Bertz CT molecular complexity index is 1450. The van der Waals surface area contributed by atoms with Gasteiger partial charge in [-0.25, -0.2) is 9.59 Å². The second-order valence-corrected chi connectivity index (χ2v) is 8.42. The summed E-state index contributed by atoms with van der Waals surface area (Å²) in [5, 5.41) is 4.03. The van der Waals surface area contributed by atoms with Crippen molar-refractivity contribution in [2.45, 2.75) is 13.8 Å². The zero-order chi connectivity index (χ0) is 25.8. The van der Waals surface area contributed by atoms with E-state index in [1.54, 1.807) is 26.0 Å². The average molecular weight is 495 g/mol. The van der Waals surface area contributed by atoms with Crippen molar-refractivity contribution in [2.75, 3.05) is 20.0 Å². The van der Waals surface area contributed by atoms with Crippen LogP contribution in [0.5, 0.6) is 11.5 Å². The Balaban J connectivity index is 1.61. The molecule has 0 spiro atoms. The Morgan fingerprint density at radius 2 is 1.16 bits per heavy atom. The molecule has 0 aliphatic carbocycles. The first-order chi connectivity index (χ1) is 18.1. The van der Waals surface area contributed by atoms with E-state index in [4.69, 9.17) is 18.9 Å². The Morgan fingerprint density at radius 1 is 0.703 bits per heavy atom. The summed E-state index contributed by atoms with van der Waals surface area (Å²) in [4.78, 5) is 23.5. The molecule has 0 saturated carbocycles. The van der Waals surface area contributed by atoms with Crippen LogP contribution in [-0.2, 0) is 19.1 Å². The normalized spacial score (nSPS) is 12.6. The summed E-state index contributed by atoms with van der Waals surface area (Å²) in [5.41, 5.74) is 3.68. The molecule has 1 aliphatic heterocycles. The van der Waals surface area contributed by atoms with Crippen LogP contribution in [0.3, 0.4) is 0 Å². The van der Waals surface area contributed by atoms with Crippen molar-refractivity contribution < 1.29 is 28.5 Å². The van der Waals surface area contributed by atoms with Gasteiger partial charge in [0.25, 0.3) is 0 Å². The summed E-state index contributed by atoms with van der Waals surface area (Å²) in [6.07, 6.45) is 6.36. The SMILES string of the molecule is CCOC(=O)C=Cc1ccc2c3c(ccc2c1)OCOc1ccc2cc(C=CC(=O)OCC)ccc2c1-3. The molecule has 6 heteroatoms. The lowest BCUT2D eigenvalue weighted by Gasteiger charge is -2.14. The first-order valence-corrected chi connectivity index (χ1v) is 12.2. The highest BCUT2D eigenvalue weighted by Gasteiger charge is 2.22. The lowest BCUT2D eigenvalue weighted by molar-refractivity contribution is -0.138. The van der Waals surface area contributed by atoms with Crippen molar-refractivity contribution in [1.82, 2.24) is 0 Å². The minimum Gasteiger partial charge on any atom is -0.463 e. The number of esters is 2. The summed E-state index contributed by atoms with van der Waals surface area (Å²) >= 11 is 0. The second kappa shape index (κ2) is 10.6. The Hall–Kier alpha value is -4.58. The van der Waals surface area contributed by atoms with Gasteiger partial charge in [0, 0.05) is 23.3 Å². The van der Waals surface area contributed by atoms with Crippen molar-refractivity contribution in [2.24, 2.45) is 0 Å². The fourth-order valence-electron chi connectivity index (χ4n) is 4.49. The van der Waals surface area contributed by atoms with Gasteiger partial charge in [0.15, 0.2) is 0 Å². The third-order valence-electron chi connectivity index (χ3n) is 6.09. The van der Waals surface area contributed by atoms with Crippen molar-refractivity contribution in [3.05, 3.63) is 83.9 Å². The van der Waals surface area contributed by atoms with Crippen LogP contribution in [0.15, 0.2) is 72.8 Å². The molecular weight excluding hydrogens is 468 g/mol. The Morgan fingerprint density at radius 3 is 1.59 bits per heavy atom. The van der Waals surface area contributed by atoms with E-state index < -0.39 is 0 Å². The minimum absolute atomic E-state index is 0.109. The van der Waals surface area contributed by atoms with E-state index in [-0.39, 0.29) is 18.7 Å². The van der Waals surface area contributed by atoms with Gasteiger partial charge in [0.05, 0.1) is 13.2 Å². The number of carbonyl (C=O) groups excluding carboxylic acids is 2. The van der Waals surface area contributed by atoms with E-state index in [2.05, 4.69) is 0 Å². The highest BCUT2D eigenvalue weighted by Crippen LogP contribution is 2.47. The van der Waals surface area contributed by atoms with Crippen LogP contribution in [0.25, 0.3) is 44.8 Å². The van der Waals surface area contributed by atoms with E-state index >= 15 is 0 Å². The van der Waals surface area contributed by atoms with E-state index in [1.807, 2.05) is 60.7 Å². The van der Waals surface area contributed by atoms with Crippen LogP contribution in [0.4, 0.5) is 0 Å². The quantitative estimate of drug-likeness (QED) is 0.224. The van der Waals surface area contributed by atoms with Gasteiger partial charge in [0.2, 0.25) is 6.79 Å². The van der Waals surface area contributed by atoms with Crippen LogP contribution in [0.1, 0.15) is 25.0 Å². The van der Waals surface area contributed by atoms with E-state index in [1.165, 1.54) is 12.2 Å². The van der Waals surface area contributed by atoms with Crippen LogP contribution in [-0.4, -0.2) is 31.9 Å². The molecule has 0 aromatic heterocycles. The molecular formula is C31H26O6. The van der Waals surface area contributed by atoms with Crippen molar-refractivity contribution in [3.8, 4) is 22.6 Å². The molecule has 0 radical (unpaired) electrons. The van der Waals surface area contributed by atoms with Crippen LogP contribution < -0.4 is 9.47 Å². The van der Waals surface area contributed by atoms with E-state index in [9.17, 15) is 9.59 Å². The number of benzene rings is 4. The van der Waals surface area contributed by atoms with Gasteiger partial charge in [0.1, 0.15) is 11.5 Å². The zero-order valence-electron chi connectivity index (χ0n) is 20.7. The summed E-state index contributed by atoms with van der Waals surface area (Å²) in [7, 11) is 0. The van der Waals surface area contributed by atoms with Crippen LogP contribution in [0, 0.1) is 0 Å². The smallest absolute Gasteiger partial charge is 0.330 e. The molecule has 1 aliphatic rings. The summed E-state index contributed by atoms with van der Waals surface area (Å²) in [6.45, 7) is 4.35. The molecule has 1 heterocycles. The molecule has 0 atom stereocenters. The fraction of sp³-hybridized carbons (Fsp3) is 0.161. The highest BCUT2D eigenvalue weighted by atomic mass is 16.7. The standard InChI is InChI=1S/C31H26O6/c1-3-34-28(32)15-7-20-5-11-24-22(17-20)9-13-26-30(24)31-25-12-6-21(8-16-29(33)35-4-2)18-23(25)10-14-27(31)37-19-36-26/h5-18H,3-4,19H2,1-2H3. The molecule has 4 aromatic carbocycles. The monoisotopic (exact) mass is 494 g/mol. The number of hydrogen-bond donors (Lipinski definition) is 0. The Kier molecular flexibility index (Phi) is 6.90. The molecule has 4 aromatic rings. The van der Waals surface area contributed by atoms with Crippen LogP contribution >= 0.6 is 0 Å². The predicted molar refractivity (Wildman–Crippen MR) is 144 cm³/mol. The fourth-order valence-corrected chi connectivity index (χ4v) is 4.49. The first kappa shape index (κ1) is 24.1. The van der Waals surface area contributed by atoms with Crippen LogP contribution in [0.2, 0.25) is 0 Å². The van der Waals surface area contributed by atoms with E-state index in [0.29, 0.717) is 13.2 Å². The molecule has 186 valence electrons. The van der Waals surface area contributed by atoms with Gasteiger partial charge >= 0.3 is 11.9 Å². The number of ether oxygens (including phenoxy) is 4. The lowest BCUT2D eigenvalue weighted by Crippen LogP contribution is -2.03. The molecule has 5 rings (SSSR count). The maximum Gasteiger partial charge on any atom is 0.330 e. The van der Waals surface area contributed by atoms with Crippen molar-refractivity contribution >= 4 is 45.6 Å². The average Bonchev–Trinajstić information content (AvgIpc) is 3.10. The van der Waals surface area contributed by atoms with Gasteiger partial charge in [-0.2, -0.15) is 0 Å². The van der Waals surface area contributed by atoms with Gasteiger partial charge in [-0.15, -0.1) is 0 Å². The van der Waals surface area contributed by atoms with Crippen molar-refractivity contribution in [1.29, 1.82) is 0 Å². The molecule has 0 amide bonds. The molecule has 0 unspecified atom stereocenters. The van der Waals surface area contributed by atoms with Gasteiger partial charge < -0.3 is 18.9 Å². The Labute approximate surface area is 214 Å². The second-order valence-electron chi connectivity index (χ2n) is 8.42. The minimum atomic E-state index is -0.369. The van der Waals surface area contributed by atoms with Crippen molar-refractivity contribution in [3.63, 3.8) is 0 Å². The first-order valence-electron chi connectivity index (χ1n) is 12.2. The van der Waals surface area contributed by atoms with E-state index in [0.717, 1.165) is 55.3 Å². The number of rotatable bonds is 6. The largest absolute Gasteiger partial charge is 0.463 e. The molecule has 6 nitrogen and oxygen atoms in total. The number of fused-ring (bicyclic) bond motifs is 7. The zero-order valence-corrected chi connectivity index (χ0v) is 20.7. The maximum atomic E-state index is 11.7. The number of carbonyl (C=O) groups is 2. The third kappa shape index (κ3) is 5.05. The molecule has 0 N–H and O–H groups in total. The predicted octanol–water partition coefficient (Wildman–Crippen LogP) is 6.54. The molecule has 0 saturated heterocycles. The topological polar surface area (TPSA) is 71.1 Å². The molecule has 0 bridgehead atoms. The van der Waals surface area contributed by atoms with Gasteiger partial charge in [-0.05, 0) is 82.9 Å². The van der Waals surface area contributed by atoms with Gasteiger partial charge in [-0.3, -0.25) is 0 Å². The summed E-state index contributed by atoms with van der Waals surface area (Å²) in [5.74, 6) is 0.735. The molecule has 37 heavy (non-hydrogen) atoms. The summed E-state index contributed by atoms with van der Waals surface area (Å²) < 4.78 is 21.9. The summed E-state index contributed by atoms with van der Waals surface area (Å²) in [6, 6.07) is 20.0. The van der Waals surface area contributed by atoms with Gasteiger partial charge in [-0.1, -0.05) is 36.4 Å². The molecule has 0 fully saturated rings. The maximum absolute atomic E-state index is 11.7.